The number of anilines is 1. The van der Waals surface area contributed by atoms with Gasteiger partial charge in [0, 0.05) is 22.1 Å². The van der Waals surface area contributed by atoms with Crippen LogP contribution in [-0.2, 0) is 0 Å². The molecule has 2 aromatic heterocycles. The quantitative estimate of drug-likeness (QED) is 0.858. The first-order chi connectivity index (χ1) is 7.66. The second-order valence-corrected chi connectivity index (χ2v) is 4.90. The fourth-order valence-electron chi connectivity index (χ4n) is 1.42. The number of aryl methyl sites for hydroxylation is 1. The minimum Gasteiger partial charge on any atom is -0.358 e. The van der Waals surface area contributed by atoms with Gasteiger partial charge in [-0.2, -0.15) is 0 Å². The molecule has 2 aromatic rings. The third-order valence-corrected chi connectivity index (χ3v) is 3.43. The van der Waals surface area contributed by atoms with E-state index in [1.165, 1.54) is 16.0 Å². The van der Waals surface area contributed by atoms with Crippen LogP contribution in [0.3, 0.4) is 0 Å². The summed E-state index contributed by atoms with van der Waals surface area (Å²) in [5.41, 5.74) is -0.192. The van der Waals surface area contributed by atoms with Gasteiger partial charge in [0.25, 0.3) is 5.56 Å². The first kappa shape index (κ1) is 10.9. The number of H-pyrrole nitrogens is 1. The molecule has 16 heavy (non-hydrogen) atoms. The molecule has 0 saturated carbocycles. The number of nitrogens with one attached hydrogen (secondary N) is 2. The summed E-state index contributed by atoms with van der Waals surface area (Å²) >= 11 is 1.72. The summed E-state index contributed by atoms with van der Waals surface area (Å²) in [6, 6.07) is 4.23. The monoisotopic (exact) mass is 235 g/mol. The maximum absolute atomic E-state index is 11.4. The summed E-state index contributed by atoms with van der Waals surface area (Å²) < 4.78 is 0. The Morgan fingerprint density at radius 2 is 2.31 bits per heavy atom. The van der Waals surface area contributed by atoms with Crippen LogP contribution in [0.25, 0.3) is 0 Å². The van der Waals surface area contributed by atoms with E-state index in [1.807, 2.05) is 6.92 Å². The zero-order valence-electron chi connectivity index (χ0n) is 9.15. The van der Waals surface area contributed by atoms with E-state index >= 15 is 0 Å². The Bertz CT molecular complexity index is 532. The van der Waals surface area contributed by atoms with Crippen molar-refractivity contribution in [3.63, 3.8) is 0 Å². The molecule has 0 fully saturated rings. The van der Waals surface area contributed by atoms with Crippen LogP contribution >= 0.6 is 11.3 Å². The molecule has 0 aliphatic heterocycles. The van der Waals surface area contributed by atoms with Gasteiger partial charge in [0.2, 0.25) is 0 Å². The number of rotatable bonds is 3. The van der Waals surface area contributed by atoms with Crippen LogP contribution in [0.1, 0.15) is 22.7 Å². The first-order valence-corrected chi connectivity index (χ1v) is 5.85. The minimum absolute atomic E-state index is 0.0923. The lowest BCUT2D eigenvalue weighted by molar-refractivity contribution is 0.886. The highest BCUT2D eigenvalue weighted by Gasteiger charge is 2.09. The first-order valence-electron chi connectivity index (χ1n) is 5.03. The van der Waals surface area contributed by atoms with Crippen molar-refractivity contribution in [2.75, 3.05) is 5.32 Å². The molecule has 84 valence electrons. The van der Waals surface area contributed by atoms with Crippen LogP contribution in [0.4, 0.5) is 5.82 Å². The Kier molecular flexibility index (Phi) is 3.05. The zero-order chi connectivity index (χ0) is 11.5. The number of hydrogen-bond acceptors (Lipinski definition) is 4. The van der Waals surface area contributed by atoms with Crippen LogP contribution < -0.4 is 10.9 Å². The van der Waals surface area contributed by atoms with E-state index in [-0.39, 0.29) is 11.6 Å². The third kappa shape index (κ3) is 2.30. The molecule has 1 atom stereocenters. The minimum atomic E-state index is -0.192. The molecule has 5 heteroatoms. The van der Waals surface area contributed by atoms with Crippen molar-refractivity contribution in [3.05, 3.63) is 44.6 Å². The Morgan fingerprint density at radius 3 is 2.94 bits per heavy atom. The Morgan fingerprint density at radius 1 is 1.50 bits per heavy atom. The second-order valence-electron chi connectivity index (χ2n) is 3.58. The lowest BCUT2D eigenvalue weighted by atomic mass is 10.3. The van der Waals surface area contributed by atoms with Crippen molar-refractivity contribution in [2.24, 2.45) is 0 Å². The normalized spacial score (nSPS) is 12.4. The summed E-state index contributed by atoms with van der Waals surface area (Å²) in [4.78, 5) is 20.5. The maximum atomic E-state index is 11.4. The van der Waals surface area contributed by atoms with Gasteiger partial charge in [0.1, 0.15) is 0 Å². The van der Waals surface area contributed by atoms with E-state index in [2.05, 4.69) is 34.3 Å². The summed E-state index contributed by atoms with van der Waals surface area (Å²) in [5, 5.41) is 3.10. The molecule has 0 bridgehead atoms. The van der Waals surface area contributed by atoms with Crippen LogP contribution in [-0.4, -0.2) is 9.97 Å². The predicted octanol–water partition coefficient (Wildman–Crippen LogP) is 2.31. The summed E-state index contributed by atoms with van der Waals surface area (Å²) in [6.07, 6.45) is 3.09. The van der Waals surface area contributed by atoms with Gasteiger partial charge < -0.3 is 10.3 Å². The molecular weight excluding hydrogens is 222 g/mol. The van der Waals surface area contributed by atoms with E-state index < -0.39 is 0 Å². The van der Waals surface area contributed by atoms with E-state index in [0.29, 0.717) is 5.82 Å². The molecule has 1 unspecified atom stereocenters. The molecule has 0 aliphatic carbocycles. The molecule has 0 saturated heterocycles. The summed E-state index contributed by atoms with van der Waals surface area (Å²) in [5.74, 6) is 0.362. The van der Waals surface area contributed by atoms with E-state index in [9.17, 15) is 4.79 Å². The molecule has 0 aromatic carbocycles. The lowest BCUT2D eigenvalue weighted by Crippen LogP contribution is -2.17. The van der Waals surface area contributed by atoms with Gasteiger partial charge in [-0.25, -0.2) is 4.98 Å². The summed E-state index contributed by atoms with van der Waals surface area (Å²) in [7, 11) is 0. The van der Waals surface area contributed by atoms with Crippen molar-refractivity contribution in [2.45, 2.75) is 19.9 Å². The van der Waals surface area contributed by atoms with Crippen molar-refractivity contribution >= 4 is 17.2 Å². The van der Waals surface area contributed by atoms with Gasteiger partial charge >= 0.3 is 0 Å². The highest BCUT2D eigenvalue weighted by Crippen LogP contribution is 2.24. The third-order valence-electron chi connectivity index (χ3n) is 2.25. The largest absolute Gasteiger partial charge is 0.358 e. The van der Waals surface area contributed by atoms with Crippen molar-refractivity contribution in [1.29, 1.82) is 0 Å². The van der Waals surface area contributed by atoms with Gasteiger partial charge in [-0.05, 0) is 26.0 Å². The Balaban J connectivity index is 2.17. The van der Waals surface area contributed by atoms with Gasteiger partial charge in [-0.1, -0.05) is 0 Å². The number of hydrogen-bond donors (Lipinski definition) is 2. The smallest absolute Gasteiger partial charge is 0.290 e. The number of aromatic nitrogens is 2. The molecule has 2 rings (SSSR count). The number of aromatic amines is 1. The molecule has 0 spiro atoms. The van der Waals surface area contributed by atoms with Crippen LogP contribution in [0, 0.1) is 6.92 Å². The lowest BCUT2D eigenvalue weighted by Gasteiger charge is -2.11. The molecular formula is C11H13N3OS. The molecule has 4 nitrogen and oxygen atoms in total. The van der Waals surface area contributed by atoms with Crippen molar-refractivity contribution < 1.29 is 0 Å². The van der Waals surface area contributed by atoms with E-state index in [1.54, 1.807) is 17.5 Å². The molecule has 0 aliphatic rings. The summed E-state index contributed by atoms with van der Waals surface area (Å²) in [6.45, 7) is 4.08. The topological polar surface area (TPSA) is 57.8 Å². The standard InChI is InChI=1S/C11H13N3OS/c1-7-3-4-9(16-7)8(2)14-10-11(15)13-6-5-12-10/h3-6,8H,1-2H3,(H,12,14)(H,13,15). The van der Waals surface area contributed by atoms with Gasteiger partial charge in [0.05, 0.1) is 6.04 Å². The van der Waals surface area contributed by atoms with Crippen LogP contribution in [0.15, 0.2) is 29.3 Å². The number of nitrogens with zero attached hydrogens (tertiary/aromatic N) is 1. The van der Waals surface area contributed by atoms with E-state index in [4.69, 9.17) is 0 Å². The SMILES string of the molecule is Cc1ccc(C(C)Nc2ncc[nH]c2=O)s1. The highest BCUT2D eigenvalue weighted by molar-refractivity contribution is 7.12. The van der Waals surface area contributed by atoms with Gasteiger partial charge in [-0.3, -0.25) is 4.79 Å². The fourth-order valence-corrected chi connectivity index (χ4v) is 2.30. The average molecular weight is 235 g/mol. The zero-order valence-corrected chi connectivity index (χ0v) is 9.97. The number of thiophene rings is 1. The van der Waals surface area contributed by atoms with Gasteiger partial charge in [0.15, 0.2) is 5.82 Å². The van der Waals surface area contributed by atoms with Crippen molar-refractivity contribution in [1.82, 2.24) is 9.97 Å². The maximum Gasteiger partial charge on any atom is 0.290 e. The molecule has 0 amide bonds. The van der Waals surface area contributed by atoms with Crippen LogP contribution in [0.2, 0.25) is 0 Å². The molecule has 0 radical (unpaired) electrons. The Labute approximate surface area is 97.4 Å². The molecule has 2 heterocycles. The van der Waals surface area contributed by atoms with Crippen LogP contribution in [0.5, 0.6) is 0 Å². The Hall–Kier alpha value is -1.62. The van der Waals surface area contributed by atoms with Crippen molar-refractivity contribution in [3.8, 4) is 0 Å². The predicted molar refractivity (Wildman–Crippen MR) is 66.0 cm³/mol. The second kappa shape index (κ2) is 4.49. The fraction of sp³-hybridized carbons (Fsp3) is 0.273. The highest BCUT2D eigenvalue weighted by atomic mass is 32.1. The van der Waals surface area contributed by atoms with Gasteiger partial charge in [-0.15, -0.1) is 11.3 Å². The van der Waals surface area contributed by atoms with E-state index in [0.717, 1.165) is 0 Å². The average Bonchev–Trinajstić information content (AvgIpc) is 2.68. The molecule has 2 N–H and O–H groups in total.